The third kappa shape index (κ3) is 2.20. The van der Waals surface area contributed by atoms with E-state index in [2.05, 4.69) is 0 Å². The van der Waals surface area contributed by atoms with Crippen LogP contribution in [0.3, 0.4) is 0 Å². The summed E-state index contributed by atoms with van der Waals surface area (Å²) >= 11 is 3.31. The molecule has 5 heteroatoms. The van der Waals surface area contributed by atoms with Gasteiger partial charge in [0.2, 0.25) is 0 Å². The Hall–Kier alpha value is -0.580. The molecule has 3 nitrogen and oxygen atoms in total. The quantitative estimate of drug-likeness (QED) is 0.593. The highest BCUT2D eigenvalue weighted by Crippen LogP contribution is 2.17. The molecule has 0 spiro atoms. The zero-order valence-corrected chi connectivity index (χ0v) is 7.97. The Morgan fingerprint density at radius 2 is 1.92 bits per heavy atom. The topological polar surface area (TPSA) is 40.5 Å². The van der Waals surface area contributed by atoms with Crippen LogP contribution in [0.1, 0.15) is 5.56 Å². The van der Waals surface area contributed by atoms with Gasteiger partial charge < -0.3 is 0 Å². The van der Waals surface area contributed by atoms with E-state index in [1.807, 2.05) is 19.1 Å². The molecule has 0 heterocycles. The van der Waals surface area contributed by atoms with E-state index in [1.165, 1.54) is 0 Å². The summed E-state index contributed by atoms with van der Waals surface area (Å²) in [6.07, 6.45) is 0. The maximum atomic E-state index is 10.5. The Balaban J connectivity index is 2.89. The summed E-state index contributed by atoms with van der Waals surface area (Å²) in [7, 11) is 0. The van der Waals surface area contributed by atoms with Crippen LogP contribution in [0.4, 0.5) is 5.69 Å². The molecule has 1 rings (SSSR count). The zero-order chi connectivity index (χ0) is 9.14. The number of halogens is 1. The van der Waals surface area contributed by atoms with Crippen molar-refractivity contribution in [3.05, 3.63) is 29.8 Å². The van der Waals surface area contributed by atoms with Crippen LogP contribution in [0, 0.1) is 6.92 Å². The molecule has 0 aromatic heterocycles. The predicted octanol–water partition coefficient (Wildman–Crippen LogP) is 2.09. The van der Waals surface area contributed by atoms with Crippen molar-refractivity contribution in [2.75, 3.05) is 3.82 Å². The molecule has 0 bridgehead atoms. The lowest BCUT2D eigenvalue weighted by molar-refractivity contribution is 0.566. The van der Waals surface area contributed by atoms with E-state index in [4.69, 9.17) is 16.3 Å². The van der Waals surface area contributed by atoms with E-state index in [0.29, 0.717) is 5.69 Å². The van der Waals surface area contributed by atoms with E-state index in [1.54, 1.807) is 12.1 Å². The Kier molecular flexibility index (Phi) is 3.08. The molecular weight excluding hydrogens is 198 g/mol. The summed E-state index contributed by atoms with van der Waals surface area (Å²) in [5.41, 5.74) is 1.58. The van der Waals surface area contributed by atoms with Crippen molar-refractivity contribution in [3.63, 3.8) is 0 Å². The molecule has 0 aliphatic heterocycles. The fourth-order valence-electron chi connectivity index (χ4n) is 0.752. The van der Waals surface area contributed by atoms with Gasteiger partial charge in [-0.1, -0.05) is 17.7 Å². The molecule has 1 atom stereocenters. The lowest BCUT2D eigenvalue weighted by Crippen LogP contribution is -2.12. The SMILES string of the molecule is Cc1ccc(N(Cl)S(=O)O)cc1. The first-order valence-corrected chi connectivity index (χ1v) is 4.65. The first-order chi connectivity index (χ1) is 5.61. The third-order valence-electron chi connectivity index (χ3n) is 1.37. The molecule has 0 radical (unpaired) electrons. The molecule has 1 unspecified atom stereocenters. The summed E-state index contributed by atoms with van der Waals surface area (Å²) in [4.78, 5) is 0. The van der Waals surface area contributed by atoms with Crippen LogP contribution in [0.25, 0.3) is 0 Å². The number of anilines is 1. The van der Waals surface area contributed by atoms with Gasteiger partial charge in [-0.05, 0) is 19.1 Å². The predicted molar refractivity (Wildman–Crippen MR) is 50.3 cm³/mol. The molecule has 0 fully saturated rings. The van der Waals surface area contributed by atoms with Crippen LogP contribution in [-0.2, 0) is 11.3 Å². The summed E-state index contributed by atoms with van der Waals surface area (Å²) < 4.78 is 19.9. The van der Waals surface area contributed by atoms with Gasteiger partial charge in [0.25, 0.3) is 11.3 Å². The summed E-state index contributed by atoms with van der Waals surface area (Å²) in [5, 5.41) is 0. The average molecular weight is 206 g/mol. The van der Waals surface area contributed by atoms with E-state index < -0.39 is 11.3 Å². The number of hydrogen-bond acceptors (Lipinski definition) is 1. The van der Waals surface area contributed by atoms with Crippen LogP contribution in [0.2, 0.25) is 0 Å². The standard InChI is InChI=1S/C7H8ClNO2S/c1-6-2-4-7(5-3-6)9(8)12(10)11/h2-5H,1H3,(H,10,11). The van der Waals surface area contributed by atoms with Crippen LogP contribution < -0.4 is 3.82 Å². The third-order valence-corrected chi connectivity index (χ3v) is 2.41. The van der Waals surface area contributed by atoms with Gasteiger partial charge in [-0.15, -0.1) is 0 Å². The summed E-state index contributed by atoms with van der Waals surface area (Å²) in [6.45, 7) is 1.93. The van der Waals surface area contributed by atoms with Crippen molar-refractivity contribution in [2.45, 2.75) is 6.92 Å². The molecular formula is C7H8ClNO2S. The first-order valence-electron chi connectivity index (χ1n) is 3.25. The van der Waals surface area contributed by atoms with E-state index >= 15 is 0 Å². The van der Waals surface area contributed by atoms with Gasteiger partial charge in [0.1, 0.15) is 0 Å². The second-order valence-corrected chi connectivity index (χ2v) is 3.68. The van der Waals surface area contributed by atoms with Gasteiger partial charge in [0.05, 0.1) is 5.69 Å². The van der Waals surface area contributed by atoms with Crippen molar-refractivity contribution >= 4 is 28.7 Å². The lowest BCUT2D eigenvalue weighted by Gasteiger charge is -2.09. The highest BCUT2D eigenvalue weighted by molar-refractivity contribution is 7.82. The van der Waals surface area contributed by atoms with Crippen LogP contribution in [0.5, 0.6) is 0 Å². The molecule has 0 amide bonds. The van der Waals surface area contributed by atoms with Crippen molar-refractivity contribution < 1.29 is 8.76 Å². The van der Waals surface area contributed by atoms with Gasteiger partial charge in [-0.3, -0.25) is 4.55 Å². The van der Waals surface area contributed by atoms with Crippen molar-refractivity contribution in [3.8, 4) is 0 Å². The number of rotatable bonds is 2. The fraction of sp³-hybridized carbons (Fsp3) is 0.143. The monoisotopic (exact) mass is 205 g/mol. The number of hydrogen-bond donors (Lipinski definition) is 1. The van der Waals surface area contributed by atoms with Gasteiger partial charge in [0.15, 0.2) is 0 Å². The number of aryl methyl sites for hydroxylation is 1. The minimum atomic E-state index is -2.17. The normalized spacial score (nSPS) is 12.6. The Bertz CT molecular complexity index is 288. The van der Waals surface area contributed by atoms with Gasteiger partial charge in [0, 0.05) is 11.8 Å². The van der Waals surface area contributed by atoms with E-state index in [0.717, 1.165) is 9.39 Å². The molecule has 0 saturated carbocycles. The zero-order valence-electron chi connectivity index (χ0n) is 6.40. The Morgan fingerprint density at radius 1 is 1.42 bits per heavy atom. The molecule has 12 heavy (non-hydrogen) atoms. The molecule has 0 saturated heterocycles. The van der Waals surface area contributed by atoms with Gasteiger partial charge in [-0.25, -0.2) is 4.21 Å². The van der Waals surface area contributed by atoms with Crippen LogP contribution in [0.15, 0.2) is 24.3 Å². The van der Waals surface area contributed by atoms with Crippen molar-refractivity contribution in [2.24, 2.45) is 0 Å². The first kappa shape index (κ1) is 9.51. The minimum absolute atomic E-state index is 0.503. The molecule has 66 valence electrons. The molecule has 1 aromatic carbocycles. The largest absolute Gasteiger partial charge is 0.288 e. The molecule has 1 N–H and O–H groups in total. The smallest absolute Gasteiger partial charge is 0.277 e. The fourth-order valence-corrected chi connectivity index (χ4v) is 1.17. The molecule has 0 aliphatic carbocycles. The maximum absolute atomic E-state index is 10.5. The Labute approximate surface area is 78.5 Å². The maximum Gasteiger partial charge on any atom is 0.277 e. The second-order valence-electron chi connectivity index (χ2n) is 2.31. The lowest BCUT2D eigenvalue weighted by atomic mass is 10.2. The van der Waals surface area contributed by atoms with E-state index in [9.17, 15) is 4.21 Å². The number of nitrogens with zero attached hydrogens (tertiary/aromatic N) is 1. The van der Waals surface area contributed by atoms with Crippen molar-refractivity contribution in [1.29, 1.82) is 0 Å². The van der Waals surface area contributed by atoms with Gasteiger partial charge >= 0.3 is 0 Å². The number of benzene rings is 1. The highest BCUT2D eigenvalue weighted by atomic mass is 35.5. The van der Waals surface area contributed by atoms with E-state index in [-0.39, 0.29) is 0 Å². The van der Waals surface area contributed by atoms with Crippen molar-refractivity contribution in [1.82, 2.24) is 0 Å². The average Bonchev–Trinajstić information content (AvgIpc) is 2.04. The minimum Gasteiger partial charge on any atom is -0.288 e. The van der Waals surface area contributed by atoms with Crippen LogP contribution in [-0.4, -0.2) is 8.76 Å². The Morgan fingerprint density at radius 3 is 2.33 bits per heavy atom. The van der Waals surface area contributed by atoms with Gasteiger partial charge in [-0.2, -0.15) is 3.82 Å². The van der Waals surface area contributed by atoms with Crippen LogP contribution >= 0.6 is 11.8 Å². The second kappa shape index (κ2) is 3.89. The molecule has 0 aliphatic rings. The summed E-state index contributed by atoms with van der Waals surface area (Å²) in [5.74, 6) is 0. The highest BCUT2D eigenvalue weighted by Gasteiger charge is 2.07. The molecule has 1 aromatic rings. The summed E-state index contributed by atoms with van der Waals surface area (Å²) in [6, 6.07) is 6.99.